The van der Waals surface area contributed by atoms with E-state index in [9.17, 15) is 23.3 Å². The van der Waals surface area contributed by atoms with Gasteiger partial charge in [-0.3, -0.25) is 14.9 Å². The topological polar surface area (TPSA) is 101 Å². The molecule has 0 spiro atoms. The van der Waals surface area contributed by atoms with E-state index in [1.807, 2.05) is 0 Å². The van der Waals surface area contributed by atoms with Gasteiger partial charge in [0.05, 0.1) is 16.4 Å². The number of benzene rings is 1. The zero-order chi connectivity index (χ0) is 15.5. The maximum absolute atomic E-state index is 12.2. The van der Waals surface area contributed by atoms with E-state index in [0.717, 1.165) is 28.6 Å². The molecule has 1 aromatic carbocycles. The monoisotopic (exact) mass is 301 g/mol. The predicted octanol–water partition coefficient (Wildman–Crippen LogP) is 0.304. The molecule has 20 heavy (non-hydrogen) atoms. The van der Waals surface area contributed by atoms with E-state index in [4.69, 9.17) is 0 Å². The maximum Gasteiger partial charge on any atom is 0.269 e. The van der Waals surface area contributed by atoms with Gasteiger partial charge in [-0.05, 0) is 12.1 Å². The molecule has 0 aromatic heterocycles. The van der Waals surface area contributed by atoms with Gasteiger partial charge in [-0.15, -0.1) is 0 Å². The van der Waals surface area contributed by atoms with Crippen molar-refractivity contribution in [2.24, 2.45) is 0 Å². The predicted molar refractivity (Wildman–Crippen MR) is 71.6 cm³/mol. The number of hydrogen-bond donors (Lipinski definition) is 0. The van der Waals surface area contributed by atoms with Gasteiger partial charge in [0.1, 0.15) is 0 Å². The van der Waals surface area contributed by atoms with E-state index < -0.39 is 14.9 Å². The van der Waals surface area contributed by atoms with Gasteiger partial charge in [0.2, 0.25) is 15.9 Å². The normalized spacial score (nSPS) is 11.4. The lowest BCUT2D eigenvalue weighted by Gasteiger charge is -2.19. The molecule has 0 N–H and O–H groups in total. The van der Waals surface area contributed by atoms with E-state index in [0.29, 0.717) is 0 Å². The Bertz CT molecular complexity index is 609. The Morgan fingerprint density at radius 2 is 1.70 bits per heavy atom. The second-order valence-electron chi connectivity index (χ2n) is 4.30. The maximum atomic E-state index is 12.2. The minimum Gasteiger partial charge on any atom is -0.348 e. The molecule has 0 aliphatic carbocycles. The smallest absolute Gasteiger partial charge is 0.269 e. The fourth-order valence-corrected chi connectivity index (χ4v) is 2.46. The Labute approximate surface area is 116 Å². The number of nitrogens with zero attached hydrogens (tertiary/aromatic N) is 3. The molecule has 9 heteroatoms. The highest BCUT2D eigenvalue weighted by Crippen LogP contribution is 2.18. The van der Waals surface area contributed by atoms with E-state index in [2.05, 4.69) is 0 Å². The molecule has 1 amide bonds. The highest BCUT2D eigenvalue weighted by atomic mass is 32.2. The number of hydrogen-bond acceptors (Lipinski definition) is 5. The third kappa shape index (κ3) is 3.52. The fraction of sp³-hybridized carbons (Fsp3) is 0.364. The minimum absolute atomic E-state index is 0.0999. The van der Waals surface area contributed by atoms with Crippen molar-refractivity contribution >= 4 is 21.6 Å². The summed E-state index contributed by atoms with van der Waals surface area (Å²) in [6, 6.07) is 4.50. The Hall–Kier alpha value is -2.00. The van der Waals surface area contributed by atoms with Crippen LogP contribution in [-0.2, 0) is 14.8 Å². The number of rotatable bonds is 5. The van der Waals surface area contributed by atoms with Crippen LogP contribution in [0.5, 0.6) is 0 Å². The molecule has 0 heterocycles. The zero-order valence-electron chi connectivity index (χ0n) is 11.3. The fourth-order valence-electron chi connectivity index (χ4n) is 1.34. The number of nitro groups is 1. The van der Waals surface area contributed by atoms with Gasteiger partial charge < -0.3 is 4.90 Å². The van der Waals surface area contributed by atoms with Gasteiger partial charge in [0.25, 0.3) is 5.69 Å². The van der Waals surface area contributed by atoms with Crippen LogP contribution < -0.4 is 0 Å². The molecule has 0 atom stereocenters. The summed E-state index contributed by atoms with van der Waals surface area (Å²) < 4.78 is 25.2. The van der Waals surface area contributed by atoms with Crippen molar-refractivity contribution in [2.75, 3.05) is 27.7 Å². The quantitative estimate of drug-likeness (QED) is 0.575. The van der Waals surface area contributed by atoms with Crippen molar-refractivity contribution in [2.45, 2.75) is 4.90 Å². The van der Waals surface area contributed by atoms with Crippen LogP contribution in [0.1, 0.15) is 0 Å². The first-order chi connectivity index (χ1) is 9.16. The third-order valence-corrected chi connectivity index (χ3v) is 4.43. The largest absolute Gasteiger partial charge is 0.348 e. The van der Waals surface area contributed by atoms with Gasteiger partial charge >= 0.3 is 0 Å². The molecule has 0 bridgehead atoms. The first kappa shape index (κ1) is 16.1. The molecule has 0 unspecified atom stereocenters. The Morgan fingerprint density at radius 1 is 1.20 bits per heavy atom. The van der Waals surface area contributed by atoms with Crippen molar-refractivity contribution in [3.05, 3.63) is 34.4 Å². The van der Waals surface area contributed by atoms with E-state index in [-0.39, 0.29) is 23.0 Å². The summed E-state index contributed by atoms with van der Waals surface area (Å²) in [4.78, 5) is 22.6. The molecule has 0 aliphatic heterocycles. The van der Waals surface area contributed by atoms with Crippen LogP contribution in [0.2, 0.25) is 0 Å². The summed E-state index contributed by atoms with van der Waals surface area (Å²) in [5.74, 6) is -0.363. The number of carbonyl (C=O) groups excluding carboxylic acids is 1. The number of amides is 1. The van der Waals surface area contributed by atoms with Gasteiger partial charge in [-0.25, -0.2) is 8.42 Å². The summed E-state index contributed by atoms with van der Waals surface area (Å²) in [6.45, 7) is -0.299. The summed E-state index contributed by atoms with van der Waals surface area (Å²) in [5, 5.41) is 10.5. The summed E-state index contributed by atoms with van der Waals surface area (Å²) in [5.41, 5.74) is -0.198. The van der Waals surface area contributed by atoms with Crippen molar-refractivity contribution in [1.82, 2.24) is 9.21 Å². The van der Waals surface area contributed by atoms with E-state index in [1.54, 1.807) is 0 Å². The second-order valence-corrected chi connectivity index (χ2v) is 6.35. The van der Waals surface area contributed by atoms with Crippen molar-refractivity contribution in [3.63, 3.8) is 0 Å². The SMILES string of the molecule is CN(C)C(=O)CN(C)S(=O)(=O)c1ccc([N+](=O)[O-])cc1. The lowest BCUT2D eigenvalue weighted by atomic mass is 10.3. The van der Waals surface area contributed by atoms with Gasteiger partial charge in [-0.2, -0.15) is 4.31 Å². The molecule has 0 saturated carbocycles. The highest BCUT2D eigenvalue weighted by Gasteiger charge is 2.24. The molecular weight excluding hydrogens is 286 g/mol. The standard InChI is InChI=1S/C11H15N3O5S/c1-12(2)11(15)8-13(3)20(18,19)10-6-4-9(5-7-10)14(16)17/h4-7H,8H2,1-3H3. The number of carbonyl (C=O) groups is 1. The molecule has 110 valence electrons. The summed E-state index contributed by atoms with van der Waals surface area (Å²) >= 11 is 0. The number of nitro benzene ring substituents is 1. The van der Waals surface area contributed by atoms with E-state index in [1.165, 1.54) is 26.0 Å². The zero-order valence-corrected chi connectivity index (χ0v) is 12.1. The van der Waals surface area contributed by atoms with Crippen LogP contribution in [0.25, 0.3) is 0 Å². The Morgan fingerprint density at radius 3 is 2.10 bits per heavy atom. The first-order valence-electron chi connectivity index (χ1n) is 5.57. The van der Waals surface area contributed by atoms with Crippen LogP contribution in [0.15, 0.2) is 29.2 Å². The number of sulfonamides is 1. The minimum atomic E-state index is -3.85. The van der Waals surface area contributed by atoms with Crippen LogP contribution >= 0.6 is 0 Å². The highest BCUT2D eigenvalue weighted by molar-refractivity contribution is 7.89. The van der Waals surface area contributed by atoms with Crippen LogP contribution in [0.3, 0.4) is 0 Å². The molecule has 0 aliphatic rings. The molecule has 0 saturated heterocycles. The van der Waals surface area contributed by atoms with Crippen LogP contribution in [0.4, 0.5) is 5.69 Å². The lowest BCUT2D eigenvalue weighted by molar-refractivity contribution is -0.384. The first-order valence-corrected chi connectivity index (χ1v) is 7.01. The molecule has 0 fully saturated rings. The van der Waals surface area contributed by atoms with Gasteiger partial charge in [0.15, 0.2) is 0 Å². The number of non-ortho nitro benzene ring substituents is 1. The second kappa shape index (κ2) is 5.97. The Balaban J connectivity index is 2.98. The molecule has 1 aromatic rings. The third-order valence-electron chi connectivity index (χ3n) is 2.61. The van der Waals surface area contributed by atoms with Crippen molar-refractivity contribution in [3.8, 4) is 0 Å². The summed E-state index contributed by atoms with van der Waals surface area (Å²) in [6.07, 6.45) is 0. The summed E-state index contributed by atoms with van der Waals surface area (Å²) in [7, 11) is 0.474. The molecule has 8 nitrogen and oxygen atoms in total. The van der Waals surface area contributed by atoms with Gasteiger partial charge in [0, 0.05) is 33.3 Å². The number of likely N-dealkylation sites (N-methyl/N-ethyl adjacent to an activating group) is 2. The van der Waals surface area contributed by atoms with Crippen LogP contribution in [0, 0.1) is 10.1 Å². The molecular formula is C11H15N3O5S. The molecule has 1 rings (SSSR count). The molecule has 0 radical (unpaired) electrons. The van der Waals surface area contributed by atoms with Gasteiger partial charge in [-0.1, -0.05) is 0 Å². The average Bonchev–Trinajstić information content (AvgIpc) is 2.38. The van der Waals surface area contributed by atoms with Crippen LogP contribution in [-0.4, -0.2) is 56.1 Å². The van der Waals surface area contributed by atoms with E-state index >= 15 is 0 Å². The average molecular weight is 301 g/mol. The lowest BCUT2D eigenvalue weighted by Crippen LogP contribution is -2.37. The van der Waals surface area contributed by atoms with Crippen molar-refractivity contribution in [1.29, 1.82) is 0 Å². The van der Waals surface area contributed by atoms with Crippen molar-refractivity contribution < 1.29 is 18.1 Å². The Kier molecular flexibility index (Phi) is 4.79.